The molecule has 3 aliphatic rings. The Bertz CT molecular complexity index is 697. The highest BCUT2D eigenvalue weighted by molar-refractivity contribution is 5.79. The van der Waals surface area contributed by atoms with Gasteiger partial charge in [-0.25, -0.2) is 0 Å². The van der Waals surface area contributed by atoms with Gasteiger partial charge in [0.1, 0.15) is 5.75 Å². The number of likely N-dealkylation sites (tertiary alicyclic amines) is 2. The highest BCUT2D eigenvalue weighted by atomic mass is 16.5. The summed E-state index contributed by atoms with van der Waals surface area (Å²) in [5.74, 6) is 2.19. The van der Waals surface area contributed by atoms with Crippen molar-refractivity contribution in [2.75, 3.05) is 32.8 Å². The topological polar surface area (TPSA) is 61.9 Å². The summed E-state index contributed by atoms with van der Waals surface area (Å²) in [7, 11) is 0. The highest BCUT2D eigenvalue weighted by Crippen LogP contribution is 2.26. The molecular weight excluding hydrogens is 354 g/mol. The number of amides is 2. The molecule has 152 valence electrons. The first-order valence-electron chi connectivity index (χ1n) is 10.6. The van der Waals surface area contributed by atoms with Gasteiger partial charge in [-0.2, -0.15) is 0 Å². The predicted octanol–water partition coefficient (Wildman–Crippen LogP) is 2.03. The Kier molecular flexibility index (Phi) is 5.85. The van der Waals surface area contributed by atoms with E-state index in [1.54, 1.807) is 0 Å². The molecule has 6 heteroatoms. The molecule has 4 rings (SSSR count). The first kappa shape index (κ1) is 19.2. The van der Waals surface area contributed by atoms with Crippen LogP contribution in [-0.4, -0.2) is 60.4 Å². The minimum absolute atomic E-state index is 0.0820. The lowest BCUT2D eigenvalue weighted by molar-refractivity contribution is -0.134. The van der Waals surface area contributed by atoms with E-state index in [-0.39, 0.29) is 18.4 Å². The van der Waals surface area contributed by atoms with Crippen LogP contribution in [0, 0.1) is 11.8 Å². The van der Waals surface area contributed by atoms with Crippen molar-refractivity contribution in [2.24, 2.45) is 11.8 Å². The van der Waals surface area contributed by atoms with Crippen molar-refractivity contribution in [3.63, 3.8) is 0 Å². The van der Waals surface area contributed by atoms with Crippen LogP contribution < -0.4 is 10.1 Å². The Morgan fingerprint density at radius 2 is 1.89 bits per heavy atom. The van der Waals surface area contributed by atoms with Gasteiger partial charge in [-0.15, -0.1) is 0 Å². The molecule has 0 bridgehead atoms. The number of hydrogen-bond donors (Lipinski definition) is 1. The van der Waals surface area contributed by atoms with Gasteiger partial charge in [0.15, 0.2) is 6.61 Å². The van der Waals surface area contributed by atoms with Crippen LogP contribution in [0.25, 0.3) is 0 Å². The maximum absolute atomic E-state index is 12.3. The molecule has 0 aliphatic carbocycles. The number of fused-ring (bicyclic) bond motifs is 1. The quantitative estimate of drug-likeness (QED) is 0.843. The summed E-state index contributed by atoms with van der Waals surface area (Å²) < 4.78 is 5.71. The van der Waals surface area contributed by atoms with E-state index < -0.39 is 0 Å². The molecule has 2 atom stereocenters. The number of hydrogen-bond acceptors (Lipinski definition) is 4. The van der Waals surface area contributed by atoms with Crippen LogP contribution in [0.4, 0.5) is 0 Å². The van der Waals surface area contributed by atoms with E-state index >= 15 is 0 Å². The van der Waals surface area contributed by atoms with E-state index in [2.05, 4.69) is 29.3 Å². The van der Waals surface area contributed by atoms with Crippen LogP contribution in [0.3, 0.4) is 0 Å². The summed E-state index contributed by atoms with van der Waals surface area (Å²) in [5.41, 5.74) is 1.24. The van der Waals surface area contributed by atoms with Crippen LogP contribution in [-0.2, 0) is 16.1 Å². The maximum atomic E-state index is 12.3. The molecule has 0 spiro atoms. The fourth-order valence-electron chi connectivity index (χ4n) is 4.60. The van der Waals surface area contributed by atoms with Crippen molar-refractivity contribution in [1.29, 1.82) is 0 Å². The summed E-state index contributed by atoms with van der Waals surface area (Å²) in [6, 6.07) is 8.43. The fraction of sp³-hybridized carbons (Fsp3) is 0.636. The SMILES string of the molecule is CC1CCN(C(=O)COc2ccc(CN3CC[C@@H]4NC(=O)C[C@@H]4C3)cc2)CC1. The smallest absolute Gasteiger partial charge is 0.260 e. The Morgan fingerprint density at radius 3 is 2.64 bits per heavy atom. The number of benzene rings is 1. The Hall–Kier alpha value is -2.08. The molecule has 3 fully saturated rings. The maximum Gasteiger partial charge on any atom is 0.260 e. The number of piperidine rings is 2. The Balaban J connectivity index is 1.23. The number of nitrogens with one attached hydrogen (secondary N) is 1. The monoisotopic (exact) mass is 385 g/mol. The molecule has 1 aromatic rings. The normalized spacial score (nSPS) is 26.0. The van der Waals surface area contributed by atoms with Gasteiger partial charge in [0, 0.05) is 51.1 Å². The molecule has 6 nitrogen and oxygen atoms in total. The van der Waals surface area contributed by atoms with Crippen molar-refractivity contribution in [3.05, 3.63) is 29.8 Å². The Labute approximate surface area is 167 Å². The second-order valence-electron chi connectivity index (χ2n) is 8.66. The molecule has 2 amide bonds. The average Bonchev–Trinajstić information content (AvgIpc) is 3.07. The van der Waals surface area contributed by atoms with Crippen LogP contribution in [0.5, 0.6) is 5.75 Å². The van der Waals surface area contributed by atoms with Gasteiger partial charge < -0.3 is 15.0 Å². The number of nitrogens with zero attached hydrogens (tertiary/aromatic N) is 2. The second kappa shape index (κ2) is 8.52. The van der Waals surface area contributed by atoms with Crippen LogP contribution >= 0.6 is 0 Å². The van der Waals surface area contributed by atoms with Crippen LogP contribution in [0.2, 0.25) is 0 Å². The van der Waals surface area contributed by atoms with Crippen molar-refractivity contribution in [1.82, 2.24) is 15.1 Å². The predicted molar refractivity (Wildman–Crippen MR) is 107 cm³/mol. The second-order valence-corrected chi connectivity index (χ2v) is 8.66. The zero-order valence-corrected chi connectivity index (χ0v) is 16.7. The Morgan fingerprint density at radius 1 is 1.14 bits per heavy atom. The average molecular weight is 386 g/mol. The first-order chi connectivity index (χ1) is 13.6. The molecule has 3 heterocycles. The van der Waals surface area contributed by atoms with Crippen LogP contribution in [0.1, 0.15) is 38.2 Å². The van der Waals surface area contributed by atoms with Gasteiger partial charge in [0.2, 0.25) is 5.91 Å². The zero-order valence-electron chi connectivity index (χ0n) is 16.7. The summed E-state index contributed by atoms with van der Waals surface area (Å²) in [6.45, 7) is 6.94. The third-order valence-corrected chi connectivity index (χ3v) is 6.44. The van der Waals surface area contributed by atoms with Gasteiger partial charge >= 0.3 is 0 Å². The lowest BCUT2D eigenvalue weighted by Crippen LogP contribution is -2.44. The molecule has 3 aliphatic heterocycles. The molecule has 0 unspecified atom stereocenters. The van der Waals surface area contributed by atoms with E-state index in [0.29, 0.717) is 24.3 Å². The van der Waals surface area contributed by atoms with E-state index in [1.165, 1.54) is 5.56 Å². The summed E-state index contributed by atoms with van der Waals surface area (Å²) in [6.07, 6.45) is 3.87. The number of carbonyl (C=O) groups is 2. The van der Waals surface area contributed by atoms with Gasteiger partial charge in [0.25, 0.3) is 5.91 Å². The van der Waals surface area contributed by atoms with Gasteiger partial charge in [-0.3, -0.25) is 14.5 Å². The minimum atomic E-state index is 0.0820. The lowest BCUT2D eigenvalue weighted by Gasteiger charge is -2.34. The van der Waals surface area contributed by atoms with Crippen molar-refractivity contribution in [3.8, 4) is 5.75 Å². The van der Waals surface area contributed by atoms with Crippen molar-refractivity contribution in [2.45, 2.75) is 45.2 Å². The number of carbonyl (C=O) groups excluding carboxylic acids is 2. The summed E-state index contributed by atoms with van der Waals surface area (Å²) in [5, 5.41) is 3.08. The van der Waals surface area contributed by atoms with Gasteiger partial charge in [-0.05, 0) is 42.9 Å². The van der Waals surface area contributed by atoms with Gasteiger partial charge in [0.05, 0.1) is 0 Å². The van der Waals surface area contributed by atoms with E-state index in [9.17, 15) is 9.59 Å². The summed E-state index contributed by atoms with van der Waals surface area (Å²) >= 11 is 0. The number of ether oxygens (including phenoxy) is 1. The molecule has 3 saturated heterocycles. The van der Waals surface area contributed by atoms with Crippen molar-refractivity contribution >= 4 is 11.8 Å². The molecule has 1 aromatic carbocycles. The molecule has 28 heavy (non-hydrogen) atoms. The lowest BCUT2D eigenvalue weighted by atomic mass is 9.93. The number of rotatable bonds is 5. The molecule has 0 saturated carbocycles. The first-order valence-corrected chi connectivity index (χ1v) is 10.6. The summed E-state index contributed by atoms with van der Waals surface area (Å²) in [4.78, 5) is 28.2. The zero-order chi connectivity index (χ0) is 19.5. The van der Waals surface area contributed by atoms with E-state index in [0.717, 1.165) is 57.7 Å². The largest absolute Gasteiger partial charge is 0.484 e. The molecule has 0 aromatic heterocycles. The van der Waals surface area contributed by atoms with Gasteiger partial charge in [-0.1, -0.05) is 19.1 Å². The minimum Gasteiger partial charge on any atom is -0.484 e. The van der Waals surface area contributed by atoms with Crippen LogP contribution in [0.15, 0.2) is 24.3 Å². The molecular formula is C22H31N3O3. The van der Waals surface area contributed by atoms with E-state index in [4.69, 9.17) is 4.74 Å². The fourth-order valence-corrected chi connectivity index (χ4v) is 4.60. The third kappa shape index (κ3) is 4.66. The van der Waals surface area contributed by atoms with Crippen molar-refractivity contribution < 1.29 is 14.3 Å². The van der Waals surface area contributed by atoms with E-state index in [1.807, 2.05) is 17.0 Å². The molecule has 0 radical (unpaired) electrons. The third-order valence-electron chi connectivity index (χ3n) is 6.44. The standard InChI is InChI=1S/C22H31N3O3/c1-16-6-10-25(11-7-16)22(27)15-28-19-4-2-17(3-5-19)13-24-9-8-20-18(14-24)12-21(26)23-20/h2-5,16,18,20H,6-15H2,1H3,(H,23,26)/t18-,20+/m1/s1. The molecule has 1 N–H and O–H groups in total. The highest BCUT2D eigenvalue weighted by Gasteiger charge is 2.36.